The quantitative estimate of drug-likeness (QED) is 0.710. The summed E-state index contributed by atoms with van der Waals surface area (Å²) in [5.41, 5.74) is 2.89. The molecule has 0 aromatic heterocycles. The number of nitrogens with zero attached hydrogens (tertiary/aromatic N) is 1. The SMILES string of the molecule is O=C1CC2c3ccccc3CCN2C2CCCCC12. The van der Waals surface area contributed by atoms with Crippen LogP contribution in [-0.2, 0) is 11.2 Å². The summed E-state index contributed by atoms with van der Waals surface area (Å²) in [4.78, 5) is 15.1. The zero-order valence-corrected chi connectivity index (χ0v) is 11.3. The Morgan fingerprint density at radius 2 is 1.95 bits per heavy atom. The Hall–Kier alpha value is -1.15. The van der Waals surface area contributed by atoms with Crippen LogP contribution in [0.15, 0.2) is 24.3 Å². The van der Waals surface area contributed by atoms with E-state index in [9.17, 15) is 4.79 Å². The van der Waals surface area contributed by atoms with Crippen LogP contribution < -0.4 is 0 Å². The van der Waals surface area contributed by atoms with E-state index in [1.54, 1.807) is 0 Å². The highest BCUT2D eigenvalue weighted by atomic mass is 16.1. The van der Waals surface area contributed by atoms with Crippen LogP contribution in [0.1, 0.15) is 49.3 Å². The molecular formula is C17H21NO. The Bertz CT molecular complexity index is 510. The lowest BCUT2D eigenvalue weighted by Gasteiger charge is -2.50. The molecule has 0 N–H and O–H groups in total. The molecule has 0 amide bonds. The largest absolute Gasteiger partial charge is 0.299 e. The third kappa shape index (κ3) is 1.77. The molecule has 0 spiro atoms. The molecule has 2 aliphatic heterocycles. The number of hydrogen-bond donors (Lipinski definition) is 0. The van der Waals surface area contributed by atoms with Gasteiger partial charge in [0.05, 0.1) is 0 Å². The van der Waals surface area contributed by atoms with Gasteiger partial charge in [0, 0.05) is 31.0 Å². The lowest BCUT2D eigenvalue weighted by molar-refractivity contribution is -0.134. The minimum Gasteiger partial charge on any atom is -0.299 e. The van der Waals surface area contributed by atoms with Gasteiger partial charge in [-0.05, 0) is 30.4 Å². The average molecular weight is 255 g/mol. The summed E-state index contributed by atoms with van der Waals surface area (Å²) < 4.78 is 0. The highest BCUT2D eigenvalue weighted by Crippen LogP contribution is 2.44. The van der Waals surface area contributed by atoms with Crippen molar-refractivity contribution in [3.63, 3.8) is 0 Å². The molecule has 2 heteroatoms. The molecule has 2 fully saturated rings. The number of piperidine rings is 1. The van der Waals surface area contributed by atoms with Crippen LogP contribution >= 0.6 is 0 Å². The molecule has 3 aliphatic rings. The molecule has 1 aromatic rings. The number of benzene rings is 1. The molecule has 4 rings (SSSR count). The summed E-state index contributed by atoms with van der Waals surface area (Å²) in [6.45, 7) is 1.15. The van der Waals surface area contributed by atoms with Crippen molar-refractivity contribution in [3.05, 3.63) is 35.4 Å². The van der Waals surface area contributed by atoms with Gasteiger partial charge >= 0.3 is 0 Å². The topological polar surface area (TPSA) is 20.3 Å². The fraction of sp³-hybridized carbons (Fsp3) is 0.588. The maximum Gasteiger partial charge on any atom is 0.139 e. The summed E-state index contributed by atoms with van der Waals surface area (Å²) >= 11 is 0. The minimum atomic E-state index is 0.343. The van der Waals surface area contributed by atoms with Gasteiger partial charge in [-0.15, -0.1) is 0 Å². The van der Waals surface area contributed by atoms with Crippen LogP contribution in [0.25, 0.3) is 0 Å². The normalized spacial score (nSPS) is 34.3. The Labute approximate surface area is 114 Å². The Morgan fingerprint density at radius 1 is 1.11 bits per heavy atom. The molecule has 1 saturated carbocycles. The van der Waals surface area contributed by atoms with Crippen molar-refractivity contribution in [1.29, 1.82) is 0 Å². The van der Waals surface area contributed by atoms with Gasteiger partial charge in [0.25, 0.3) is 0 Å². The van der Waals surface area contributed by atoms with Gasteiger partial charge in [-0.1, -0.05) is 37.1 Å². The molecule has 1 aromatic carbocycles. The molecular weight excluding hydrogens is 234 g/mol. The summed E-state index contributed by atoms with van der Waals surface area (Å²) in [5, 5.41) is 0. The van der Waals surface area contributed by atoms with E-state index < -0.39 is 0 Å². The van der Waals surface area contributed by atoms with Crippen molar-refractivity contribution >= 4 is 5.78 Å². The van der Waals surface area contributed by atoms with Gasteiger partial charge in [-0.3, -0.25) is 9.69 Å². The predicted molar refractivity (Wildman–Crippen MR) is 75.0 cm³/mol. The summed E-state index contributed by atoms with van der Waals surface area (Å²) in [6, 6.07) is 9.64. The van der Waals surface area contributed by atoms with Gasteiger partial charge in [-0.2, -0.15) is 0 Å². The predicted octanol–water partition coefficient (Wildman–Crippen LogP) is 3.12. The van der Waals surface area contributed by atoms with E-state index in [0.29, 0.717) is 23.8 Å². The summed E-state index contributed by atoms with van der Waals surface area (Å²) in [6.07, 6.45) is 6.83. The molecule has 0 radical (unpaired) electrons. The number of rotatable bonds is 0. The van der Waals surface area contributed by atoms with Crippen molar-refractivity contribution in [2.45, 2.75) is 50.6 Å². The fourth-order valence-electron chi connectivity index (χ4n) is 4.52. The van der Waals surface area contributed by atoms with Crippen molar-refractivity contribution in [2.75, 3.05) is 6.54 Å². The van der Waals surface area contributed by atoms with Crippen LogP contribution in [0.3, 0.4) is 0 Å². The van der Waals surface area contributed by atoms with Crippen molar-refractivity contribution in [3.8, 4) is 0 Å². The maximum absolute atomic E-state index is 12.5. The second-order valence-corrected chi connectivity index (χ2v) is 6.33. The third-order valence-electron chi connectivity index (χ3n) is 5.42. The Kier molecular flexibility index (Phi) is 2.73. The van der Waals surface area contributed by atoms with Crippen LogP contribution in [0.4, 0.5) is 0 Å². The van der Waals surface area contributed by atoms with Crippen molar-refractivity contribution in [2.24, 2.45) is 5.92 Å². The van der Waals surface area contributed by atoms with E-state index in [2.05, 4.69) is 29.2 Å². The highest BCUT2D eigenvalue weighted by molar-refractivity contribution is 5.83. The molecule has 2 heterocycles. The molecule has 19 heavy (non-hydrogen) atoms. The number of ketones is 1. The molecule has 3 atom stereocenters. The fourth-order valence-corrected chi connectivity index (χ4v) is 4.52. The number of hydrogen-bond acceptors (Lipinski definition) is 2. The third-order valence-corrected chi connectivity index (χ3v) is 5.42. The molecule has 3 unspecified atom stereocenters. The first-order chi connectivity index (χ1) is 9.34. The molecule has 1 aliphatic carbocycles. The lowest BCUT2D eigenvalue weighted by atomic mass is 9.72. The van der Waals surface area contributed by atoms with E-state index in [1.165, 1.54) is 30.4 Å². The number of fused-ring (bicyclic) bond motifs is 5. The zero-order valence-electron chi connectivity index (χ0n) is 11.3. The molecule has 1 saturated heterocycles. The first kappa shape index (κ1) is 11.7. The van der Waals surface area contributed by atoms with Crippen molar-refractivity contribution in [1.82, 2.24) is 4.90 Å². The van der Waals surface area contributed by atoms with Gasteiger partial charge in [-0.25, -0.2) is 0 Å². The maximum atomic E-state index is 12.5. The van der Waals surface area contributed by atoms with Gasteiger partial charge in [0.1, 0.15) is 5.78 Å². The number of carbonyl (C=O) groups is 1. The smallest absolute Gasteiger partial charge is 0.139 e. The second kappa shape index (κ2) is 4.45. The zero-order chi connectivity index (χ0) is 12.8. The lowest BCUT2D eigenvalue weighted by Crippen LogP contribution is -2.54. The van der Waals surface area contributed by atoms with E-state index in [-0.39, 0.29) is 0 Å². The minimum absolute atomic E-state index is 0.343. The highest BCUT2D eigenvalue weighted by Gasteiger charge is 2.45. The van der Waals surface area contributed by atoms with Crippen LogP contribution in [0.2, 0.25) is 0 Å². The van der Waals surface area contributed by atoms with E-state index >= 15 is 0 Å². The number of carbonyl (C=O) groups excluding carboxylic acids is 1. The van der Waals surface area contributed by atoms with Gasteiger partial charge < -0.3 is 0 Å². The van der Waals surface area contributed by atoms with Gasteiger partial charge in [0.15, 0.2) is 0 Å². The van der Waals surface area contributed by atoms with Gasteiger partial charge in [0.2, 0.25) is 0 Å². The molecule has 100 valence electrons. The van der Waals surface area contributed by atoms with E-state index in [0.717, 1.165) is 25.8 Å². The van der Waals surface area contributed by atoms with Crippen LogP contribution in [0.5, 0.6) is 0 Å². The summed E-state index contributed by atoms with van der Waals surface area (Å²) in [7, 11) is 0. The van der Waals surface area contributed by atoms with Crippen LogP contribution in [-0.4, -0.2) is 23.3 Å². The monoisotopic (exact) mass is 255 g/mol. The second-order valence-electron chi connectivity index (χ2n) is 6.33. The molecule has 2 nitrogen and oxygen atoms in total. The van der Waals surface area contributed by atoms with E-state index in [1.807, 2.05) is 0 Å². The standard InChI is InChI=1S/C17H21NO/c19-17-11-16-13-6-2-1-5-12(13)9-10-18(16)15-8-4-3-7-14(15)17/h1-2,5-6,14-16H,3-4,7-11H2. The first-order valence-electron chi connectivity index (χ1n) is 7.71. The van der Waals surface area contributed by atoms with E-state index in [4.69, 9.17) is 0 Å². The van der Waals surface area contributed by atoms with Crippen LogP contribution in [0, 0.1) is 5.92 Å². The van der Waals surface area contributed by atoms with Crippen molar-refractivity contribution < 1.29 is 4.79 Å². The first-order valence-corrected chi connectivity index (χ1v) is 7.71. The average Bonchev–Trinajstić information content (AvgIpc) is 2.47. The molecule has 0 bridgehead atoms. The Morgan fingerprint density at radius 3 is 2.89 bits per heavy atom. The Balaban J connectivity index is 1.72. The summed E-state index contributed by atoms with van der Waals surface area (Å²) in [5.74, 6) is 0.873. The number of Topliss-reactive ketones (excluding diaryl/α,β-unsaturated/α-hetero) is 1.